The molecule has 0 saturated heterocycles. The zero-order valence-electron chi connectivity index (χ0n) is 8.34. The van der Waals surface area contributed by atoms with E-state index in [4.69, 9.17) is 0 Å². The molecule has 1 heteroatoms. The SMILES string of the molecule is Cc1cccc(CCCC=O)c1C. The summed E-state index contributed by atoms with van der Waals surface area (Å²) in [6, 6.07) is 6.35. The minimum Gasteiger partial charge on any atom is -0.303 e. The first kappa shape index (κ1) is 9.97. The van der Waals surface area contributed by atoms with Crippen LogP contribution < -0.4 is 0 Å². The Hall–Kier alpha value is -1.11. The van der Waals surface area contributed by atoms with E-state index in [2.05, 4.69) is 32.0 Å². The second kappa shape index (κ2) is 4.80. The molecule has 1 aromatic rings. The minimum atomic E-state index is 0.674. The second-order valence-electron chi connectivity index (χ2n) is 3.42. The van der Waals surface area contributed by atoms with Crippen LogP contribution in [-0.2, 0) is 11.2 Å². The van der Waals surface area contributed by atoms with Gasteiger partial charge in [0.2, 0.25) is 0 Å². The predicted octanol–water partition coefficient (Wildman–Crippen LogP) is 2.83. The Morgan fingerprint density at radius 2 is 2.08 bits per heavy atom. The smallest absolute Gasteiger partial charge is 0.120 e. The van der Waals surface area contributed by atoms with E-state index >= 15 is 0 Å². The van der Waals surface area contributed by atoms with Gasteiger partial charge in [-0.05, 0) is 43.4 Å². The third-order valence-corrected chi connectivity index (χ3v) is 2.48. The standard InChI is InChI=1S/C12H16O/c1-10-6-5-8-12(11(10)2)7-3-4-9-13/h5-6,8-9H,3-4,7H2,1-2H3. The normalized spacial score (nSPS) is 10.0. The van der Waals surface area contributed by atoms with Crippen LogP contribution >= 0.6 is 0 Å². The molecule has 1 aromatic carbocycles. The van der Waals surface area contributed by atoms with Gasteiger partial charge in [-0.3, -0.25) is 0 Å². The van der Waals surface area contributed by atoms with Gasteiger partial charge in [0.1, 0.15) is 6.29 Å². The molecule has 0 N–H and O–H groups in total. The lowest BCUT2D eigenvalue weighted by atomic mass is 9.99. The first-order valence-corrected chi connectivity index (χ1v) is 4.74. The van der Waals surface area contributed by atoms with Crippen LogP contribution in [0, 0.1) is 13.8 Å². The third kappa shape index (κ3) is 2.69. The van der Waals surface area contributed by atoms with Crippen LogP contribution in [0.4, 0.5) is 0 Å². The van der Waals surface area contributed by atoms with Crippen molar-refractivity contribution in [1.82, 2.24) is 0 Å². The number of hydrogen-bond donors (Lipinski definition) is 0. The van der Waals surface area contributed by atoms with Crippen molar-refractivity contribution in [3.05, 3.63) is 34.9 Å². The molecule has 0 atom stereocenters. The molecule has 0 spiro atoms. The van der Waals surface area contributed by atoms with Crippen molar-refractivity contribution >= 4 is 6.29 Å². The van der Waals surface area contributed by atoms with Gasteiger partial charge < -0.3 is 4.79 Å². The van der Waals surface area contributed by atoms with Crippen LogP contribution in [0.5, 0.6) is 0 Å². The van der Waals surface area contributed by atoms with Crippen molar-refractivity contribution in [2.45, 2.75) is 33.1 Å². The Morgan fingerprint density at radius 1 is 1.31 bits per heavy atom. The first-order valence-electron chi connectivity index (χ1n) is 4.74. The van der Waals surface area contributed by atoms with E-state index in [1.165, 1.54) is 16.7 Å². The fourth-order valence-corrected chi connectivity index (χ4v) is 1.46. The van der Waals surface area contributed by atoms with Gasteiger partial charge in [-0.1, -0.05) is 18.2 Å². The molecule has 1 nitrogen and oxygen atoms in total. The largest absolute Gasteiger partial charge is 0.303 e. The number of aldehydes is 1. The van der Waals surface area contributed by atoms with E-state index in [1.54, 1.807) is 0 Å². The first-order chi connectivity index (χ1) is 6.25. The van der Waals surface area contributed by atoms with Crippen molar-refractivity contribution in [2.75, 3.05) is 0 Å². The van der Waals surface area contributed by atoms with E-state index in [0.29, 0.717) is 6.42 Å². The Labute approximate surface area is 79.8 Å². The van der Waals surface area contributed by atoms with Crippen LogP contribution in [-0.4, -0.2) is 6.29 Å². The molecule has 0 unspecified atom stereocenters. The van der Waals surface area contributed by atoms with Crippen molar-refractivity contribution in [1.29, 1.82) is 0 Å². The molecule has 0 saturated carbocycles. The summed E-state index contributed by atoms with van der Waals surface area (Å²) in [5.74, 6) is 0. The minimum absolute atomic E-state index is 0.674. The van der Waals surface area contributed by atoms with Gasteiger partial charge in [0, 0.05) is 6.42 Å². The van der Waals surface area contributed by atoms with E-state index in [-0.39, 0.29) is 0 Å². The van der Waals surface area contributed by atoms with Gasteiger partial charge in [-0.2, -0.15) is 0 Å². The van der Waals surface area contributed by atoms with Gasteiger partial charge in [-0.15, -0.1) is 0 Å². The van der Waals surface area contributed by atoms with E-state index < -0.39 is 0 Å². The molecule has 0 amide bonds. The lowest BCUT2D eigenvalue weighted by molar-refractivity contribution is -0.107. The number of carbonyl (C=O) groups excluding carboxylic acids is 1. The zero-order valence-corrected chi connectivity index (χ0v) is 8.34. The Bertz CT molecular complexity index is 289. The fourth-order valence-electron chi connectivity index (χ4n) is 1.46. The van der Waals surface area contributed by atoms with E-state index in [1.807, 2.05) is 0 Å². The number of aryl methyl sites for hydroxylation is 2. The number of unbranched alkanes of at least 4 members (excludes halogenated alkanes) is 1. The summed E-state index contributed by atoms with van der Waals surface area (Å²) in [6.45, 7) is 4.27. The van der Waals surface area contributed by atoms with Crippen molar-refractivity contribution in [3.8, 4) is 0 Å². The molecule has 13 heavy (non-hydrogen) atoms. The molecule has 0 aromatic heterocycles. The number of rotatable bonds is 4. The molecule has 0 bridgehead atoms. The number of hydrogen-bond acceptors (Lipinski definition) is 1. The molecule has 0 fully saturated rings. The quantitative estimate of drug-likeness (QED) is 0.509. The van der Waals surface area contributed by atoms with Crippen LogP contribution in [0.2, 0.25) is 0 Å². The third-order valence-electron chi connectivity index (χ3n) is 2.48. The molecular weight excluding hydrogens is 160 g/mol. The highest BCUT2D eigenvalue weighted by atomic mass is 16.1. The van der Waals surface area contributed by atoms with E-state index in [9.17, 15) is 4.79 Å². The maximum Gasteiger partial charge on any atom is 0.120 e. The lowest BCUT2D eigenvalue weighted by Crippen LogP contribution is -1.92. The highest BCUT2D eigenvalue weighted by Gasteiger charge is 1.99. The van der Waals surface area contributed by atoms with Crippen LogP contribution in [0.25, 0.3) is 0 Å². The summed E-state index contributed by atoms with van der Waals surface area (Å²) in [5.41, 5.74) is 4.08. The number of benzene rings is 1. The van der Waals surface area contributed by atoms with Crippen LogP contribution in [0.15, 0.2) is 18.2 Å². The lowest BCUT2D eigenvalue weighted by Gasteiger charge is -2.06. The van der Waals surface area contributed by atoms with Gasteiger partial charge in [0.05, 0.1) is 0 Å². The zero-order chi connectivity index (χ0) is 9.68. The summed E-state index contributed by atoms with van der Waals surface area (Å²) in [6.07, 6.45) is 3.65. The Morgan fingerprint density at radius 3 is 2.77 bits per heavy atom. The molecule has 0 aliphatic rings. The average Bonchev–Trinajstić information content (AvgIpc) is 2.13. The summed E-state index contributed by atoms with van der Waals surface area (Å²) in [5, 5.41) is 0. The summed E-state index contributed by atoms with van der Waals surface area (Å²) in [7, 11) is 0. The van der Waals surface area contributed by atoms with Crippen molar-refractivity contribution < 1.29 is 4.79 Å². The van der Waals surface area contributed by atoms with Gasteiger partial charge in [0.15, 0.2) is 0 Å². The summed E-state index contributed by atoms with van der Waals surface area (Å²) >= 11 is 0. The maximum absolute atomic E-state index is 10.1. The maximum atomic E-state index is 10.1. The fraction of sp³-hybridized carbons (Fsp3) is 0.417. The molecule has 0 aliphatic carbocycles. The summed E-state index contributed by atoms with van der Waals surface area (Å²) < 4.78 is 0. The average molecular weight is 176 g/mol. The van der Waals surface area contributed by atoms with Crippen LogP contribution in [0.3, 0.4) is 0 Å². The predicted molar refractivity (Wildman–Crippen MR) is 54.9 cm³/mol. The molecule has 0 radical (unpaired) electrons. The Balaban J connectivity index is 2.65. The summed E-state index contributed by atoms with van der Waals surface area (Å²) in [4.78, 5) is 10.1. The monoisotopic (exact) mass is 176 g/mol. The highest BCUT2D eigenvalue weighted by Crippen LogP contribution is 2.14. The molecule has 1 rings (SSSR count). The highest BCUT2D eigenvalue weighted by molar-refractivity contribution is 5.49. The van der Waals surface area contributed by atoms with Crippen molar-refractivity contribution in [2.24, 2.45) is 0 Å². The molecule has 70 valence electrons. The number of carbonyl (C=O) groups is 1. The topological polar surface area (TPSA) is 17.1 Å². The molecular formula is C12H16O. The van der Waals surface area contributed by atoms with Crippen LogP contribution in [0.1, 0.15) is 29.5 Å². The van der Waals surface area contributed by atoms with Gasteiger partial charge in [-0.25, -0.2) is 0 Å². The second-order valence-corrected chi connectivity index (χ2v) is 3.42. The van der Waals surface area contributed by atoms with Gasteiger partial charge >= 0.3 is 0 Å². The molecule has 0 aliphatic heterocycles. The van der Waals surface area contributed by atoms with Gasteiger partial charge in [0.25, 0.3) is 0 Å². The molecule has 0 heterocycles. The van der Waals surface area contributed by atoms with Crippen molar-refractivity contribution in [3.63, 3.8) is 0 Å². The van der Waals surface area contributed by atoms with E-state index in [0.717, 1.165) is 19.1 Å². The Kier molecular flexibility index (Phi) is 3.69.